The van der Waals surface area contributed by atoms with Crippen LogP contribution in [0, 0.1) is 5.41 Å². The summed E-state index contributed by atoms with van der Waals surface area (Å²) in [5, 5.41) is 0. The minimum Gasteiger partial charge on any atom is -0.398 e. The summed E-state index contributed by atoms with van der Waals surface area (Å²) in [7, 11) is 10.4. The first-order chi connectivity index (χ1) is 12.8. The summed E-state index contributed by atoms with van der Waals surface area (Å²) in [6.45, 7) is 6.99. The maximum atomic E-state index is 6.18. The van der Waals surface area contributed by atoms with Crippen LogP contribution in [0.5, 0.6) is 0 Å². The highest BCUT2D eigenvalue weighted by Gasteiger charge is 2.43. The van der Waals surface area contributed by atoms with Crippen LogP contribution in [-0.4, -0.2) is 73.9 Å². The summed E-state index contributed by atoms with van der Waals surface area (Å²) in [5.41, 5.74) is 0.356. The van der Waals surface area contributed by atoms with Gasteiger partial charge in [0.25, 0.3) is 0 Å². The number of hydrogen-bond donors (Lipinski definition) is 0. The Morgan fingerprint density at radius 3 is 1.63 bits per heavy atom. The molecule has 0 unspecified atom stereocenters. The Balaban J connectivity index is 5.18. The monoisotopic (exact) mass is 402 g/mol. The fraction of sp³-hybridized carbons (Fsp3) is 1.00. The Bertz CT molecular complexity index is 333. The van der Waals surface area contributed by atoms with Crippen LogP contribution in [0.2, 0.25) is 12.1 Å². The molecule has 0 bridgehead atoms. The molecule has 0 N–H and O–H groups in total. The van der Waals surface area contributed by atoms with E-state index in [2.05, 4.69) is 51.8 Å². The lowest BCUT2D eigenvalue weighted by molar-refractivity contribution is 0.173. The highest BCUT2D eigenvalue weighted by Crippen LogP contribution is 2.43. The highest BCUT2D eigenvalue weighted by atomic mass is 28.4. The molecule has 0 amide bonds. The average Bonchev–Trinajstić information content (AvgIpc) is 2.63. The fourth-order valence-electron chi connectivity index (χ4n) is 4.23. The third kappa shape index (κ3) is 11.6. The molecular formula is C22H50N2O2Si. The smallest absolute Gasteiger partial charge is 0.338 e. The standard InChI is InChI=1S/C22H50N2O2Si/c1-9-11-12-13-20-27(25-7,26-8)21-22(10-2,16-14-18-23(3)4)17-15-19-24(5)6/h9-21H2,1-8H3. The molecule has 0 atom stereocenters. The average molecular weight is 403 g/mol. The van der Waals surface area contributed by atoms with Gasteiger partial charge in [0.05, 0.1) is 0 Å². The largest absolute Gasteiger partial charge is 0.398 e. The molecule has 0 heterocycles. The van der Waals surface area contributed by atoms with Crippen molar-refractivity contribution in [2.24, 2.45) is 5.41 Å². The Kier molecular flexibility index (Phi) is 15.0. The predicted molar refractivity (Wildman–Crippen MR) is 122 cm³/mol. The zero-order valence-electron chi connectivity index (χ0n) is 19.9. The van der Waals surface area contributed by atoms with E-state index in [9.17, 15) is 0 Å². The molecule has 0 saturated heterocycles. The Morgan fingerprint density at radius 1 is 0.741 bits per heavy atom. The lowest BCUT2D eigenvalue weighted by atomic mass is 9.78. The minimum atomic E-state index is -2.13. The molecule has 0 rings (SSSR count). The van der Waals surface area contributed by atoms with Gasteiger partial charge in [0, 0.05) is 14.2 Å². The van der Waals surface area contributed by atoms with Gasteiger partial charge in [-0.05, 0) is 84.5 Å². The van der Waals surface area contributed by atoms with Gasteiger partial charge in [0.1, 0.15) is 0 Å². The van der Waals surface area contributed by atoms with E-state index in [1.807, 2.05) is 14.2 Å². The second kappa shape index (κ2) is 15.0. The molecule has 0 aliphatic carbocycles. The molecule has 0 aromatic rings. The Labute approximate surface area is 172 Å². The second-order valence-electron chi connectivity index (χ2n) is 8.97. The van der Waals surface area contributed by atoms with Crippen molar-refractivity contribution in [1.29, 1.82) is 0 Å². The van der Waals surface area contributed by atoms with Gasteiger partial charge in [0.15, 0.2) is 0 Å². The van der Waals surface area contributed by atoms with Crippen LogP contribution >= 0.6 is 0 Å². The van der Waals surface area contributed by atoms with Crippen LogP contribution < -0.4 is 0 Å². The molecule has 0 spiro atoms. The van der Waals surface area contributed by atoms with Crippen molar-refractivity contribution in [1.82, 2.24) is 9.80 Å². The molecule has 0 aliphatic heterocycles. The summed E-state index contributed by atoms with van der Waals surface area (Å²) in [4.78, 5) is 4.62. The zero-order valence-corrected chi connectivity index (χ0v) is 20.9. The first-order valence-corrected chi connectivity index (χ1v) is 13.4. The third-order valence-corrected chi connectivity index (χ3v) is 10.1. The van der Waals surface area contributed by atoms with Gasteiger partial charge in [-0.1, -0.05) is 46.0 Å². The second-order valence-corrected chi connectivity index (χ2v) is 12.5. The quantitative estimate of drug-likeness (QED) is 0.227. The SMILES string of the molecule is CCCCCC[Si](CC(CC)(CCCN(C)C)CCCN(C)C)(OC)OC. The Hall–Kier alpha value is 0.0569. The first-order valence-electron chi connectivity index (χ1n) is 11.2. The summed E-state index contributed by atoms with van der Waals surface area (Å²) >= 11 is 0. The third-order valence-electron chi connectivity index (χ3n) is 6.17. The molecule has 164 valence electrons. The number of rotatable bonds is 18. The van der Waals surface area contributed by atoms with Crippen molar-refractivity contribution in [3.8, 4) is 0 Å². The van der Waals surface area contributed by atoms with E-state index >= 15 is 0 Å². The number of nitrogens with zero attached hydrogens (tertiary/aromatic N) is 2. The van der Waals surface area contributed by atoms with E-state index in [0.717, 1.165) is 12.1 Å². The van der Waals surface area contributed by atoms with E-state index in [1.165, 1.54) is 70.9 Å². The van der Waals surface area contributed by atoms with Gasteiger partial charge < -0.3 is 18.7 Å². The van der Waals surface area contributed by atoms with E-state index in [4.69, 9.17) is 8.85 Å². The van der Waals surface area contributed by atoms with E-state index in [1.54, 1.807) is 0 Å². The lowest BCUT2D eigenvalue weighted by Crippen LogP contribution is -2.45. The first kappa shape index (κ1) is 27.1. The number of hydrogen-bond acceptors (Lipinski definition) is 4. The van der Waals surface area contributed by atoms with Crippen LogP contribution in [0.1, 0.15) is 71.6 Å². The van der Waals surface area contributed by atoms with E-state index in [0.29, 0.717) is 5.41 Å². The van der Waals surface area contributed by atoms with Gasteiger partial charge in [-0.25, -0.2) is 0 Å². The zero-order chi connectivity index (χ0) is 20.8. The maximum Gasteiger partial charge on any atom is 0.338 e. The van der Waals surface area contributed by atoms with Gasteiger partial charge in [-0.3, -0.25) is 0 Å². The van der Waals surface area contributed by atoms with Crippen LogP contribution in [0.3, 0.4) is 0 Å². The van der Waals surface area contributed by atoms with Crippen LogP contribution in [0.4, 0.5) is 0 Å². The van der Waals surface area contributed by atoms with E-state index in [-0.39, 0.29) is 0 Å². The number of unbranched alkanes of at least 4 members (excludes halogenated alkanes) is 3. The molecule has 5 heteroatoms. The normalized spacial score (nSPS) is 13.1. The summed E-state index contributed by atoms with van der Waals surface area (Å²) in [5.74, 6) is 0. The van der Waals surface area contributed by atoms with Crippen molar-refractivity contribution in [3.05, 3.63) is 0 Å². The molecular weight excluding hydrogens is 352 g/mol. The van der Waals surface area contributed by atoms with Crippen molar-refractivity contribution in [3.63, 3.8) is 0 Å². The van der Waals surface area contributed by atoms with Gasteiger partial charge in [-0.15, -0.1) is 0 Å². The van der Waals surface area contributed by atoms with Crippen LogP contribution in [-0.2, 0) is 8.85 Å². The van der Waals surface area contributed by atoms with Crippen LogP contribution in [0.25, 0.3) is 0 Å². The minimum absolute atomic E-state index is 0.356. The summed E-state index contributed by atoms with van der Waals surface area (Å²) < 4.78 is 12.4. The maximum absolute atomic E-state index is 6.18. The van der Waals surface area contributed by atoms with Crippen LogP contribution in [0.15, 0.2) is 0 Å². The lowest BCUT2D eigenvalue weighted by Gasteiger charge is -2.40. The molecule has 0 aliphatic rings. The summed E-state index contributed by atoms with van der Waals surface area (Å²) in [6, 6.07) is 2.29. The Morgan fingerprint density at radius 2 is 1.26 bits per heavy atom. The van der Waals surface area contributed by atoms with Crippen molar-refractivity contribution >= 4 is 8.56 Å². The highest BCUT2D eigenvalue weighted by molar-refractivity contribution is 6.67. The molecule has 27 heavy (non-hydrogen) atoms. The van der Waals surface area contributed by atoms with Crippen molar-refractivity contribution in [2.75, 3.05) is 55.5 Å². The van der Waals surface area contributed by atoms with E-state index < -0.39 is 8.56 Å². The molecule has 0 radical (unpaired) electrons. The topological polar surface area (TPSA) is 24.9 Å². The van der Waals surface area contributed by atoms with Gasteiger partial charge in [0.2, 0.25) is 0 Å². The van der Waals surface area contributed by atoms with Gasteiger partial charge in [-0.2, -0.15) is 0 Å². The molecule has 0 saturated carbocycles. The molecule has 0 aromatic heterocycles. The molecule has 0 fully saturated rings. The molecule has 0 aromatic carbocycles. The predicted octanol–water partition coefficient (Wildman–Crippen LogP) is 5.38. The molecule has 4 nitrogen and oxygen atoms in total. The fourth-order valence-corrected chi connectivity index (χ4v) is 7.81. The summed E-state index contributed by atoms with van der Waals surface area (Å²) in [6.07, 6.45) is 11.5. The van der Waals surface area contributed by atoms with Crippen molar-refractivity contribution in [2.45, 2.75) is 83.7 Å². The van der Waals surface area contributed by atoms with Crippen molar-refractivity contribution < 1.29 is 8.85 Å². The van der Waals surface area contributed by atoms with Gasteiger partial charge >= 0.3 is 8.56 Å².